The summed E-state index contributed by atoms with van der Waals surface area (Å²) in [5.41, 5.74) is 4.28. The predicted octanol–water partition coefficient (Wildman–Crippen LogP) is 2.93. The van der Waals surface area contributed by atoms with Gasteiger partial charge in [0.15, 0.2) is 5.96 Å². The second kappa shape index (κ2) is 12.4. The lowest BCUT2D eigenvalue weighted by Crippen LogP contribution is -2.36. The van der Waals surface area contributed by atoms with Gasteiger partial charge < -0.3 is 20.4 Å². The molecule has 0 radical (unpaired) electrons. The number of carbonyl (C=O) groups excluding carboxylic acids is 1. The van der Waals surface area contributed by atoms with Gasteiger partial charge in [-0.05, 0) is 42.9 Å². The van der Waals surface area contributed by atoms with Crippen LogP contribution in [0.2, 0.25) is 0 Å². The van der Waals surface area contributed by atoms with E-state index in [2.05, 4.69) is 58.9 Å². The lowest BCUT2D eigenvalue weighted by molar-refractivity contribution is 0.0827. The van der Waals surface area contributed by atoms with Crippen molar-refractivity contribution in [3.05, 3.63) is 70.8 Å². The fraction of sp³-hybridized carbons (Fsp3) is 0.364. The molecule has 0 aliphatic rings. The minimum Gasteiger partial charge on any atom is -0.352 e. The molecule has 0 atom stereocenters. The van der Waals surface area contributed by atoms with E-state index in [9.17, 15) is 4.79 Å². The summed E-state index contributed by atoms with van der Waals surface area (Å²) in [7, 11) is 9.40. The summed E-state index contributed by atoms with van der Waals surface area (Å²) in [4.78, 5) is 19.9. The third kappa shape index (κ3) is 8.41. The molecule has 0 aliphatic heterocycles. The number of hydrogen-bond acceptors (Lipinski definition) is 3. The quantitative estimate of drug-likeness (QED) is 0.343. The maximum Gasteiger partial charge on any atom is 0.253 e. The molecule has 0 saturated heterocycles. The first-order valence-electron chi connectivity index (χ1n) is 9.36. The van der Waals surface area contributed by atoms with Crippen molar-refractivity contribution in [1.82, 2.24) is 20.4 Å². The van der Waals surface area contributed by atoms with Crippen molar-refractivity contribution in [2.24, 2.45) is 4.99 Å². The summed E-state index contributed by atoms with van der Waals surface area (Å²) < 4.78 is 0. The molecule has 0 saturated carbocycles. The number of hydrogen-bond donors (Lipinski definition) is 2. The first-order chi connectivity index (χ1) is 13.4. The Morgan fingerprint density at radius 2 is 1.28 bits per heavy atom. The van der Waals surface area contributed by atoms with Gasteiger partial charge >= 0.3 is 0 Å². The molecule has 2 aromatic rings. The Morgan fingerprint density at radius 1 is 0.828 bits per heavy atom. The van der Waals surface area contributed by atoms with Crippen molar-refractivity contribution in [1.29, 1.82) is 0 Å². The van der Waals surface area contributed by atoms with Crippen LogP contribution in [-0.4, -0.2) is 56.9 Å². The standard InChI is InChI=1S/C22H31N5O.HI/c1-23-22(24-14-17-6-8-19(9-7-17)16-26(2)3)25-15-18-10-12-20(13-11-18)21(28)27(4)5;/h6-13H,14-16H2,1-5H3,(H2,23,24,25);1H. The molecule has 2 rings (SSSR count). The number of rotatable bonds is 7. The van der Waals surface area contributed by atoms with Gasteiger partial charge in [-0.3, -0.25) is 9.79 Å². The van der Waals surface area contributed by atoms with E-state index in [0.29, 0.717) is 18.7 Å². The van der Waals surface area contributed by atoms with Crippen molar-refractivity contribution in [3.8, 4) is 0 Å². The van der Waals surface area contributed by atoms with E-state index < -0.39 is 0 Å². The third-order valence-electron chi connectivity index (χ3n) is 4.27. The molecular weight excluding hydrogens is 477 g/mol. The summed E-state index contributed by atoms with van der Waals surface area (Å²) in [6.07, 6.45) is 0. The molecule has 0 aromatic heterocycles. The molecule has 7 heteroatoms. The lowest BCUT2D eigenvalue weighted by Gasteiger charge is -2.14. The zero-order valence-electron chi connectivity index (χ0n) is 17.9. The third-order valence-corrected chi connectivity index (χ3v) is 4.27. The Kier molecular flexibility index (Phi) is 10.7. The van der Waals surface area contributed by atoms with Gasteiger partial charge in [-0.2, -0.15) is 0 Å². The van der Waals surface area contributed by atoms with E-state index >= 15 is 0 Å². The molecule has 6 nitrogen and oxygen atoms in total. The van der Waals surface area contributed by atoms with Crippen molar-refractivity contribution >= 4 is 35.8 Å². The number of halogens is 1. The van der Waals surface area contributed by atoms with Crippen LogP contribution in [0.1, 0.15) is 27.0 Å². The number of benzene rings is 2. The van der Waals surface area contributed by atoms with Crippen LogP contribution < -0.4 is 10.6 Å². The topological polar surface area (TPSA) is 60.0 Å². The van der Waals surface area contributed by atoms with Crippen LogP contribution in [0.5, 0.6) is 0 Å². The van der Waals surface area contributed by atoms with E-state index in [4.69, 9.17) is 0 Å². The Morgan fingerprint density at radius 3 is 1.69 bits per heavy atom. The summed E-state index contributed by atoms with van der Waals surface area (Å²) in [6, 6.07) is 16.2. The molecular formula is C22H32IN5O. The smallest absolute Gasteiger partial charge is 0.253 e. The van der Waals surface area contributed by atoms with Gasteiger partial charge in [-0.1, -0.05) is 36.4 Å². The van der Waals surface area contributed by atoms with Crippen LogP contribution in [0.3, 0.4) is 0 Å². The van der Waals surface area contributed by atoms with Gasteiger partial charge in [-0.25, -0.2) is 0 Å². The zero-order chi connectivity index (χ0) is 20.5. The van der Waals surface area contributed by atoms with Crippen molar-refractivity contribution in [2.75, 3.05) is 35.2 Å². The molecule has 0 bridgehead atoms. The number of amides is 1. The van der Waals surface area contributed by atoms with Crippen molar-refractivity contribution in [2.45, 2.75) is 19.6 Å². The largest absolute Gasteiger partial charge is 0.352 e. The number of guanidine groups is 1. The minimum atomic E-state index is 0. The highest BCUT2D eigenvalue weighted by atomic mass is 127. The van der Waals surface area contributed by atoms with Gasteiger partial charge in [0.25, 0.3) is 5.91 Å². The second-order valence-corrected chi connectivity index (χ2v) is 7.23. The minimum absolute atomic E-state index is 0. The number of aliphatic imine (C=N–C) groups is 1. The second-order valence-electron chi connectivity index (χ2n) is 7.23. The first-order valence-corrected chi connectivity index (χ1v) is 9.36. The van der Waals surface area contributed by atoms with Crippen LogP contribution >= 0.6 is 24.0 Å². The summed E-state index contributed by atoms with van der Waals surface area (Å²) in [6.45, 7) is 2.28. The Bertz CT molecular complexity index is 786. The number of nitrogens with zero attached hydrogens (tertiary/aromatic N) is 3. The van der Waals surface area contributed by atoms with Crippen LogP contribution in [-0.2, 0) is 19.6 Å². The number of carbonyl (C=O) groups is 1. The highest BCUT2D eigenvalue weighted by Gasteiger charge is 2.07. The fourth-order valence-electron chi connectivity index (χ4n) is 2.74. The van der Waals surface area contributed by atoms with E-state index in [1.807, 2.05) is 24.3 Å². The molecule has 0 heterocycles. The zero-order valence-corrected chi connectivity index (χ0v) is 20.2. The average Bonchev–Trinajstić information content (AvgIpc) is 2.68. The monoisotopic (exact) mass is 509 g/mol. The van der Waals surface area contributed by atoms with Gasteiger partial charge in [0, 0.05) is 46.3 Å². The Labute approximate surface area is 191 Å². The van der Waals surface area contributed by atoms with E-state index in [1.165, 1.54) is 11.1 Å². The molecule has 0 unspecified atom stereocenters. The predicted molar refractivity (Wildman–Crippen MR) is 131 cm³/mol. The van der Waals surface area contributed by atoms with Crippen LogP contribution in [0.4, 0.5) is 0 Å². The molecule has 2 aromatic carbocycles. The molecule has 1 amide bonds. The Balaban J connectivity index is 0.00000420. The van der Waals surface area contributed by atoms with Crippen LogP contribution in [0.15, 0.2) is 53.5 Å². The molecule has 0 fully saturated rings. The summed E-state index contributed by atoms with van der Waals surface area (Å²) in [5, 5.41) is 6.63. The molecule has 2 N–H and O–H groups in total. The normalized spacial score (nSPS) is 11.0. The van der Waals surface area contributed by atoms with Crippen molar-refractivity contribution in [3.63, 3.8) is 0 Å². The first kappa shape index (κ1) is 24.9. The molecule has 0 aliphatic carbocycles. The van der Waals surface area contributed by atoms with Gasteiger partial charge in [0.1, 0.15) is 0 Å². The number of nitrogens with one attached hydrogen (secondary N) is 2. The SMILES string of the molecule is CN=C(NCc1ccc(CN(C)C)cc1)NCc1ccc(C(=O)N(C)C)cc1.I. The lowest BCUT2D eigenvalue weighted by atomic mass is 10.1. The molecule has 29 heavy (non-hydrogen) atoms. The maximum absolute atomic E-state index is 11.9. The highest BCUT2D eigenvalue weighted by Crippen LogP contribution is 2.07. The maximum atomic E-state index is 11.9. The van der Waals surface area contributed by atoms with Crippen LogP contribution in [0.25, 0.3) is 0 Å². The van der Waals surface area contributed by atoms with Gasteiger partial charge in [0.05, 0.1) is 0 Å². The van der Waals surface area contributed by atoms with E-state index in [0.717, 1.165) is 18.1 Å². The fourth-order valence-corrected chi connectivity index (χ4v) is 2.74. The molecule has 158 valence electrons. The van der Waals surface area contributed by atoms with Crippen LogP contribution in [0, 0.1) is 0 Å². The molecule has 0 spiro atoms. The summed E-state index contributed by atoms with van der Waals surface area (Å²) in [5.74, 6) is 0.749. The van der Waals surface area contributed by atoms with Crippen molar-refractivity contribution < 1.29 is 4.79 Å². The average molecular weight is 509 g/mol. The highest BCUT2D eigenvalue weighted by molar-refractivity contribution is 14.0. The van der Waals surface area contributed by atoms with E-state index in [-0.39, 0.29) is 29.9 Å². The van der Waals surface area contributed by atoms with E-state index in [1.54, 1.807) is 26.0 Å². The Hall–Kier alpha value is -2.13. The summed E-state index contributed by atoms with van der Waals surface area (Å²) >= 11 is 0. The van der Waals surface area contributed by atoms with Gasteiger partial charge in [-0.15, -0.1) is 24.0 Å². The van der Waals surface area contributed by atoms with Gasteiger partial charge in [0.2, 0.25) is 0 Å².